The Hall–Kier alpha value is -3.37. The highest BCUT2D eigenvalue weighted by molar-refractivity contribution is 5.46. The third kappa shape index (κ3) is 4.07. The van der Waals surface area contributed by atoms with E-state index in [-0.39, 0.29) is 41.5 Å². The first-order chi connectivity index (χ1) is 15.6. The van der Waals surface area contributed by atoms with E-state index in [4.69, 9.17) is 4.74 Å². The van der Waals surface area contributed by atoms with Gasteiger partial charge >= 0.3 is 12.5 Å². The van der Waals surface area contributed by atoms with Gasteiger partial charge in [-0.15, -0.1) is 8.78 Å². The van der Waals surface area contributed by atoms with Gasteiger partial charge in [0.2, 0.25) is 0 Å². The Balaban J connectivity index is 1.42. The number of rotatable bonds is 4. The van der Waals surface area contributed by atoms with Crippen molar-refractivity contribution in [3.8, 4) is 22.9 Å². The van der Waals surface area contributed by atoms with Crippen molar-refractivity contribution >= 4 is 0 Å². The Labute approximate surface area is 183 Å². The summed E-state index contributed by atoms with van der Waals surface area (Å²) in [6, 6.07) is 7.67. The van der Waals surface area contributed by atoms with E-state index in [2.05, 4.69) is 14.6 Å². The zero-order chi connectivity index (χ0) is 23.4. The fourth-order valence-corrected chi connectivity index (χ4v) is 4.02. The molecule has 0 amide bonds. The number of aromatic nitrogens is 2. The summed E-state index contributed by atoms with van der Waals surface area (Å²) in [6.45, 7) is -0.201. The number of alkyl halides is 5. The molecule has 0 saturated heterocycles. The summed E-state index contributed by atoms with van der Waals surface area (Å²) >= 11 is 0. The normalized spacial score (nSPS) is 16.5. The summed E-state index contributed by atoms with van der Waals surface area (Å²) in [7, 11) is 0. The average molecular weight is 470 g/mol. The van der Waals surface area contributed by atoms with Crippen molar-refractivity contribution < 1.29 is 40.6 Å². The molecule has 33 heavy (non-hydrogen) atoms. The highest BCUT2D eigenvalue weighted by Crippen LogP contribution is 2.41. The van der Waals surface area contributed by atoms with Gasteiger partial charge in [0.05, 0.1) is 5.69 Å². The van der Waals surface area contributed by atoms with Gasteiger partial charge in [0.25, 0.3) is 0 Å². The number of ether oxygens (including phenoxy) is 3. The van der Waals surface area contributed by atoms with Crippen LogP contribution < -0.4 is 14.2 Å². The molecule has 1 aliphatic heterocycles. The van der Waals surface area contributed by atoms with Crippen LogP contribution in [0.25, 0.3) is 5.69 Å². The molecule has 0 atom stereocenters. The second-order valence-corrected chi connectivity index (χ2v) is 7.74. The molecular weight excluding hydrogens is 454 g/mol. The molecule has 2 aromatic carbocycles. The maximum Gasteiger partial charge on any atom is 0.586 e. The van der Waals surface area contributed by atoms with Crippen molar-refractivity contribution in [2.24, 2.45) is 0 Å². The molecule has 0 radical (unpaired) electrons. The molecular formula is C22H16F6N2O3. The third-order valence-corrected chi connectivity index (χ3v) is 5.47. The lowest BCUT2D eigenvalue weighted by molar-refractivity contribution is -0.286. The van der Waals surface area contributed by atoms with Crippen LogP contribution >= 0.6 is 0 Å². The summed E-state index contributed by atoms with van der Waals surface area (Å²) in [5, 5.41) is 3.79. The minimum atomic E-state index is -4.60. The summed E-state index contributed by atoms with van der Waals surface area (Å²) in [6.07, 6.45) is -6.29. The van der Waals surface area contributed by atoms with Gasteiger partial charge in [0, 0.05) is 17.3 Å². The zero-order valence-electron chi connectivity index (χ0n) is 16.9. The van der Waals surface area contributed by atoms with Crippen LogP contribution in [-0.4, -0.2) is 16.1 Å². The summed E-state index contributed by atoms with van der Waals surface area (Å²) in [5.41, 5.74) is 0.308. The average Bonchev–Trinajstić information content (AvgIpc) is 3.29. The fraction of sp³-hybridized carbons (Fsp3) is 0.318. The van der Waals surface area contributed by atoms with Crippen LogP contribution in [0.2, 0.25) is 0 Å². The molecule has 0 bridgehead atoms. The van der Waals surface area contributed by atoms with Crippen LogP contribution in [-0.2, 0) is 25.6 Å². The number of halogens is 6. The lowest BCUT2D eigenvalue weighted by atomic mass is 9.95. The standard InChI is InChI=1S/C22H16F6N2O3/c23-15-7-6-13(30-16-4-2-1-3-14(16)20(29-30)21(24,25)26)10-18(15)31-11-12-5-8-17-19(9-12)33-22(27,28)32-17/h5-10H,1-4,11H2. The third-order valence-electron chi connectivity index (χ3n) is 5.47. The quantitative estimate of drug-likeness (QED) is 0.452. The van der Waals surface area contributed by atoms with Crippen molar-refractivity contribution in [3.63, 3.8) is 0 Å². The Bertz CT molecular complexity index is 1220. The van der Waals surface area contributed by atoms with Crippen molar-refractivity contribution in [2.75, 3.05) is 0 Å². The zero-order valence-corrected chi connectivity index (χ0v) is 16.9. The molecule has 1 aliphatic carbocycles. The molecule has 2 aliphatic rings. The lowest BCUT2D eigenvalue weighted by Gasteiger charge is -2.15. The van der Waals surface area contributed by atoms with Gasteiger partial charge in [-0.3, -0.25) is 0 Å². The van der Waals surface area contributed by atoms with Crippen molar-refractivity contribution in [3.05, 3.63) is 64.7 Å². The molecule has 11 heteroatoms. The number of fused-ring (bicyclic) bond motifs is 2. The molecule has 2 heterocycles. The van der Waals surface area contributed by atoms with Crippen LogP contribution in [0.15, 0.2) is 36.4 Å². The highest BCUT2D eigenvalue weighted by atomic mass is 19.4. The number of hydrogen-bond acceptors (Lipinski definition) is 4. The maximum atomic E-state index is 14.4. The predicted octanol–water partition coefficient (Wildman–Crippen LogP) is 5.81. The van der Waals surface area contributed by atoms with Crippen LogP contribution in [0.1, 0.15) is 35.4 Å². The Kier molecular flexibility index (Phi) is 4.95. The second-order valence-electron chi connectivity index (χ2n) is 7.74. The van der Waals surface area contributed by atoms with E-state index >= 15 is 0 Å². The molecule has 0 saturated carbocycles. The van der Waals surface area contributed by atoms with Crippen LogP contribution in [0.4, 0.5) is 26.3 Å². The van der Waals surface area contributed by atoms with E-state index in [1.807, 2.05) is 0 Å². The van der Waals surface area contributed by atoms with Gasteiger partial charge in [0.1, 0.15) is 6.61 Å². The largest absolute Gasteiger partial charge is 0.586 e. The molecule has 1 aromatic heterocycles. The minimum absolute atomic E-state index is 0.138. The van der Waals surface area contributed by atoms with Gasteiger partial charge in [-0.2, -0.15) is 18.3 Å². The Morgan fingerprint density at radius 2 is 1.76 bits per heavy atom. The monoisotopic (exact) mass is 470 g/mol. The molecule has 0 unspecified atom stereocenters. The first-order valence-electron chi connectivity index (χ1n) is 10.1. The number of benzene rings is 2. The van der Waals surface area contributed by atoms with E-state index in [0.717, 1.165) is 12.5 Å². The van der Waals surface area contributed by atoms with E-state index in [1.54, 1.807) is 0 Å². The van der Waals surface area contributed by atoms with Crippen LogP contribution in [0.3, 0.4) is 0 Å². The topological polar surface area (TPSA) is 45.5 Å². The Morgan fingerprint density at radius 1 is 1.00 bits per heavy atom. The van der Waals surface area contributed by atoms with Gasteiger partial charge < -0.3 is 14.2 Å². The lowest BCUT2D eigenvalue weighted by Crippen LogP contribution is -2.25. The number of hydrogen-bond donors (Lipinski definition) is 0. The van der Waals surface area contributed by atoms with Crippen LogP contribution in [0, 0.1) is 5.82 Å². The smallest absolute Gasteiger partial charge is 0.486 e. The van der Waals surface area contributed by atoms with E-state index in [1.165, 1.54) is 35.0 Å². The summed E-state index contributed by atoms with van der Waals surface area (Å²) < 4.78 is 96.5. The summed E-state index contributed by atoms with van der Waals surface area (Å²) in [4.78, 5) is 0. The number of nitrogens with zero attached hydrogens (tertiary/aromatic N) is 2. The maximum absolute atomic E-state index is 14.4. The molecule has 0 N–H and O–H groups in total. The molecule has 0 fully saturated rings. The summed E-state index contributed by atoms with van der Waals surface area (Å²) in [5.74, 6) is -1.27. The van der Waals surface area contributed by atoms with E-state index in [9.17, 15) is 26.3 Å². The fourth-order valence-electron chi connectivity index (χ4n) is 4.02. The van der Waals surface area contributed by atoms with Gasteiger partial charge in [-0.25, -0.2) is 9.07 Å². The van der Waals surface area contributed by atoms with Crippen molar-refractivity contribution in [2.45, 2.75) is 44.8 Å². The minimum Gasteiger partial charge on any atom is -0.486 e. The van der Waals surface area contributed by atoms with E-state index in [0.29, 0.717) is 24.1 Å². The highest BCUT2D eigenvalue weighted by Gasteiger charge is 2.43. The molecule has 5 rings (SSSR count). The van der Waals surface area contributed by atoms with Crippen LogP contribution in [0.5, 0.6) is 17.2 Å². The van der Waals surface area contributed by atoms with Gasteiger partial charge in [-0.1, -0.05) is 6.07 Å². The van der Waals surface area contributed by atoms with E-state index < -0.39 is 24.0 Å². The van der Waals surface area contributed by atoms with Gasteiger partial charge in [-0.05, 0) is 55.5 Å². The molecule has 0 spiro atoms. The first kappa shape index (κ1) is 21.5. The van der Waals surface area contributed by atoms with Crippen molar-refractivity contribution in [1.29, 1.82) is 0 Å². The van der Waals surface area contributed by atoms with Crippen molar-refractivity contribution in [1.82, 2.24) is 9.78 Å². The van der Waals surface area contributed by atoms with Gasteiger partial charge in [0.15, 0.2) is 28.8 Å². The first-order valence-corrected chi connectivity index (χ1v) is 10.1. The second kappa shape index (κ2) is 7.60. The molecule has 5 nitrogen and oxygen atoms in total. The predicted molar refractivity (Wildman–Crippen MR) is 102 cm³/mol. The SMILES string of the molecule is Fc1ccc(-n2nc(C(F)(F)F)c3c2CCCC3)cc1OCc1ccc2c(c1)OC(F)(F)O2. The Morgan fingerprint density at radius 3 is 2.55 bits per heavy atom. The molecule has 174 valence electrons. The molecule has 3 aromatic rings.